The molecular weight excluding hydrogens is 631 g/mol. The Hall–Kier alpha value is -3.36. The van der Waals surface area contributed by atoms with Crippen molar-refractivity contribution in [2.24, 2.45) is 5.41 Å². The quantitative estimate of drug-likeness (QED) is 0.142. The average molecular weight is 663 g/mol. The number of rotatable bonds is 11. The maximum Gasteiger partial charge on any atom is 0.271 e. The molecule has 1 aromatic heterocycles. The molecule has 1 aliphatic rings. The zero-order valence-corrected chi connectivity index (χ0v) is 26.2. The van der Waals surface area contributed by atoms with Gasteiger partial charge in [0.1, 0.15) is 28.2 Å². The highest BCUT2D eigenvalue weighted by molar-refractivity contribution is 7.92. The molecule has 0 aliphatic carbocycles. The van der Waals surface area contributed by atoms with Gasteiger partial charge in [-0.15, -0.1) is 0 Å². The molecule has 0 spiro atoms. The third kappa shape index (κ3) is 6.38. The number of nitrogens with zero attached hydrogens (tertiary/aromatic N) is 4. The molecule has 1 unspecified atom stereocenters. The minimum Gasteiger partial charge on any atom is -0.497 e. The monoisotopic (exact) mass is 662 g/mol. The molecule has 1 fully saturated rings. The molecule has 1 saturated heterocycles. The van der Waals surface area contributed by atoms with E-state index in [2.05, 4.69) is 4.98 Å². The van der Waals surface area contributed by atoms with Crippen molar-refractivity contribution in [1.29, 1.82) is 0 Å². The van der Waals surface area contributed by atoms with Crippen LogP contribution < -0.4 is 18.7 Å². The fourth-order valence-electron chi connectivity index (χ4n) is 5.41. The summed E-state index contributed by atoms with van der Waals surface area (Å²) in [6.07, 6.45) is -0.00297. The predicted molar refractivity (Wildman–Crippen MR) is 157 cm³/mol. The summed E-state index contributed by atoms with van der Waals surface area (Å²) in [4.78, 5) is 5.14. The van der Waals surface area contributed by atoms with Crippen LogP contribution in [0.4, 0.5) is 33.5 Å². The van der Waals surface area contributed by atoms with E-state index in [4.69, 9.17) is 21.1 Å². The molecule has 2 aromatic carbocycles. The number of anilines is 2. The van der Waals surface area contributed by atoms with E-state index in [-0.39, 0.29) is 43.1 Å². The van der Waals surface area contributed by atoms with E-state index in [1.165, 1.54) is 43.4 Å². The number of hydrogen-bond donors (Lipinski definition) is 0. The van der Waals surface area contributed by atoms with E-state index >= 15 is 8.78 Å². The Bertz CT molecular complexity index is 1640. The first-order valence-electron chi connectivity index (χ1n) is 13.4. The molecule has 0 saturated carbocycles. The van der Waals surface area contributed by atoms with Crippen molar-refractivity contribution < 1.29 is 39.8 Å². The Morgan fingerprint density at radius 3 is 2.39 bits per heavy atom. The summed E-state index contributed by atoms with van der Waals surface area (Å²) in [6, 6.07) is 8.48. The van der Waals surface area contributed by atoms with Gasteiger partial charge in [-0.05, 0) is 44.8 Å². The van der Waals surface area contributed by atoms with Crippen LogP contribution >= 0.6 is 11.6 Å². The van der Waals surface area contributed by atoms with Gasteiger partial charge in [-0.2, -0.15) is 4.39 Å². The van der Waals surface area contributed by atoms with Crippen LogP contribution in [0.3, 0.4) is 0 Å². The van der Waals surface area contributed by atoms with Gasteiger partial charge >= 0.3 is 0 Å². The van der Waals surface area contributed by atoms with E-state index in [1.807, 2.05) is 0 Å². The molecule has 0 radical (unpaired) electrons. The molecule has 240 valence electrons. The van der Waals surface area contributed by atoms with Gasteiger partial charge in [0.25, 0.3) is 15.9 Å². The second-order valence-electron chi connectivity index (χ2n) is 10.9. The van der Waals surface area contributed by atoms with Gasteiger partial charge in [0.2, 0.25) is 5.95 Å². The molecule has 15 heteroatoms. The molecule has 4 rings (SSSR count). The lowest BCUT2D eigenvalue weighted by atomic mass is 9.80. The van der Waals surface area contributed by atoms with Gasteiger partial charge in [-0.25, -0.2) is 35.3 Å². The lowest BCUT2D eigenvalue weighted by Gasteiger charge is -2.37. The largest absolute Gasteiger partial charge is 0.497 e. The van der Waals surface area contributed by atoms with E-state index in [0.717, 1.165) is 19.1 Å². The first-order valence-corrected chi connectivity index (χ1v) is 15.2. The number of alkyl halides is 2. The molecule has 0 amide bonds. The standard InChI is InChI=1S/C29H32ClF5N4O4S/c1-28(34,35)29(16-37(2)3)11-12-38(17-29)21-14-20(31)27(26(33)25(21)30)44(40,41)39(24-8-6-7-23(32)36-24)15-18-9-10-19(42-4)13-22(18)43-5/h6-10,13-14H,11-12,15-17H2,1-5H3. The van der Waals surface area contributed by atoms with Crippen molar-refractivity contribution in [3.63, 3.8) is 0 Å². The predicted octanol–water partition coefficient (Wildman–Crippen LogP) is 5.98. The summed E-state index contributed by atoms with van der Waals surface area (Å²) in [5.41, 5.74) is -1.58. The van der Waals surface area contributed by atoms with Crippen molar-refractivity contribution in [3.8, 4) is 11.5 Å². The summed E-state index contributed by atoms with van der Waals surface area (Å²) in [7, 11) is 0.870. The Labute approximate surface area is 258 Å². The fraction of sp³-hybridized carbons (Fsp3) is 0.414. The Balaban J connectivity index is 1.81. The number of ether oxygens (including phenoxy) is 2. The number of aromatic nitrogens is 1. The van der Waals surface area contributed by atoms with Crippen LogP contribution in [0.25, 0.3) is 0 Å². The van der Waals surface area contributed by atoms with E-state index < -0.39 is 61.2 Å². The third-order valence-corrected chi connectivity index (χ3v) is 9.80. The number of pyridine rings is 1. The number of benzene rings is 2. The maximum atomic E-state index is 16.0. The van der Waals surface area contributed by atoms with Crippen LogP contribution in [0.2, 0.25) is 5.02 Å². The minimum absolute atomic E-state index is 0.00142. The van der Waals surface area contributed by atoms with Crippen LogP contribution in [0.5, 0.6) is 11.5 Å². The molecule has 1 atom stereocenters. The SMILES string of the molecule is COc1ccc(CN(c2cccc(F)n2)S(=O)(=O)c2c(F)cc(N3CCC(CN(C)C)(C(C)(F)F)C3)c(Cl)c2F)c(OC)c1. The molecule has 0 bridgehead atoms. The third-order valence-electron chi connectivity index (χ3n) is 7.65. The first-order chi connectivity index (χ1) is 20.5. The van der Waals surface area contributed by atoms with Crippen molar-refractivity contribution in [2.75, 3.05) is 57.2 Å². The fourth-order valence-corrected chi connectivity index (χ4v) is 7.25. The highest BCUT2D eigenvalue weighted by atomic mass is 35.5. The average Bonchev–Trinajstić information content (AvgIpc) is 3.38. The lowest BCUT2D eigenvalue weighted by Crippen LogP contribution is -2.48. The second kappa shape index (κ2) is 12.6. The van der Waals surface area contributed by atoms with Gasteiger partial charge in [0.05, 0.1) is 31.9 Å². The molecule has 8 nitrogen and oxygen atoms in total. The van der Waals surface area contributed by atoms with Gasteiger partial charge in [-0.1, -0.05) is 17.7 Å². The first kappa shape index (κ1) is 33.5. The zero-order chi connectivity index (χ0) is 32.6. The van der Waals surface area contributed by atoms with Gasteiger partial charge in [-0.3, -0.25) is 0 Å². The maximum absolute atomic E-state index is 16.0. The number of methoxy groups -OCH3 is 2. The van der Waals surface area contributed by atoms with Crippen molar-refractivity contribution in [2.45, 2.75) is 30.7 Å². The van der Waals surface area contributed by atoms with Crippen molar-refractivity contribution in [3.05, 3.63) is 70.6 Å². The Morgan fingerprint density at radius 1 is 1.09 bits per heavy atom. The topological polar surface area (TPSA) is 75.2 Å². The van der Waals surface area contributed by atoms with E-state index in [9.17, 15) is 21.6 Å². The zero-order valence-electron chi connectivity index (χ0n) is 24.7. The number of sulfonamides is 1. The molecule has 2 heterocycles. The van der Waals surface area contributed by atoms with Crippen molar-refractivity contribution >= 4 is 33.1 Å². The number of halogens is 6. The summed E-state index contributed by atoms with van der Waals surface area (Å²) in [5, 5.41) is -0.765. The smallest absolute Gasteiger partial charge is 0.271 e. The molecular formula is C29H32ClF5N4O4S. The second-order valence-corrected chi connectivity index (χ2v) is 13.1. The molecule has 3 aromatic rings. The van der Waals surface area contributed by atoms with Crippen LogP contribution in [-0.4, -0.2) is 72.2 Å². The highest BCUT2D eigenvalue weighted by Crippen LogP contribution is 2.48. The molecule has 0 N–H and O–H groups in total. The van der Waals surface area contributed by atoms with Crippen LogP contribution in [0.15, 0.2) is 47.4 Å². The molecule has 44 heavy (non-hydrogen) atoms. The summed E-state index contributed by atoms with van der Waals surface area (Å²) in [6.45, 7) is -0.0682. The van der Waals surface area contributed by atoms with Crippen LogP contribution in [0.1, 0.15) is 18.9 Å². The lowest BCUT2D eigenvalue weighted by molar-refractivity contribution is -0.105. The van der Waals surface area contributed by atoms with Crippen molar-refractivity contribution in [1.82, 2.24) is 9.88 Å². The minimum atomic E-state index is -5.16. The van der Waals surface area contributed by atoms with Crippen LogP contribution in [0, 0.1) is 23.0 Å². The number of hydrogen-bond acceptors (Lipinski definition) is 7. The van der Waals surface area contributed by atoms with Gasteiger partial charge < -0.3 is 19.3 Å². The summed E-state index contributed by atoms with van der Waals surface area (Å²) in [5.74, 6) is -7.22. The van der Waals surface area contributed by atoms with E-state index in [1.54, 1.807) is 19.0 Å². The molecule has 1 aliphatic heterocycles. The summed E-state index contributed by atoms with van der Waals surface area (Å²) < 4.78 is 115. The normalized spacial score (nSPS) is 17.3. The summed E-state index contributed by atoms with van der Waals surface area (Å²) >= 11 is 6.31. The Morgan fingerprint density at radius 2 is 1.80 bits per heavy atom. The van der Waals surface area contributed by atoms with Crippen LogP contribution in [-0.2, 0) is 16.6 Å². The van der Waals surface area contributed by atoms with E-state index in [0.29, 0.717) is 16.1 Å². The van der Waals surface area contributed by atoms with Gasteiger partial charge in [0, 0.05) is 44.3 Å². The highest BCUT2D eigenvalue weighted by Gasteiger charge is 2.54. The van der Waals surface area contributed by atoms with Gasteiger partial charge in [0.15, 0.2) is 10.7 Å². The Kier molecular flexibility index (Phi) is 9.57.